The number of thiazole rings is 1. The second-order valence-electron chi connectivity index (χ2n) is 3.03. The maximum absolute atomic E-state index is 5.72. The highest BCUT2D eigenvalue weighted by Crippen LogP contribution is 2.30. The Bertz CT molecular complexity index is 616. The highest BCUT2D eigenvalue weighted by molar-refractivity contribution is 8.01. The molecule has 0 spiro atoms. The van der Waals surface area contributed by atoms with Crippen molar-refractivity contribution >= 4 is 34.6 Å². The standard InChI is InChI=1S/C9H7N5S2/c10-6-5-14-3-1-11-7(14)8(13-6)16-9-12-2-4-15-9/h1-5H,10H2. The first-order chi connectivity index (χ1) is 7.83. The molecule has 3 aromatic heterocycles. The zero-order valence-corrected chi connectivity index (χ0v) is 9.70. The number of rotatable bonds is 2. The molecule has 0 aliphatic carbocycles. The molecular weight excluding hydrogens is 242 g/mol. The van der Waals surface area contributed by atoms with Crippen LogP contribution in [-0.2, 0) is 0 Å². The predicted molar refractivity (Wildman–Crippen MR) is 63.6 cm³/mol. The summed E-state index contributed by atoms with van der Waals surface area (Å²) in [6.45, 7) is 0. The first-order valence-corrected chi connectivity index (χ1v) is 6.19. The molecule has 0 aliphatic heterocycles. The molecule has 3 rings (SSSR count). The van der Waals surface area contributed by atoms with Gasteiger partial charge in [0.25, 0.3) is 0 Å². The van der Waals surface area contributed by atoms with Gasteiger partial charge in [0.1, 0.15) is 10.8 Å². The third kappa shape index (κ3) is 1.63. The number of hydrogen-bond donors (Lipinski definition) is 1. The third-order valence-corrected chi connectivity index (χ3v) is 3.81. The average Bonchev–Trinajstić information content (AvgIpc) is 2.87. The van der Waals surface area contributed by atoms with Gasteiger partial charge in [0.2, 0.25) is 0 Å². The van der Waals surface area contributed by atoms with E-state index < -0.39 is 0 Å². The van der Waals surface area contributed by atoms with Crippen molar-refractivity contribution in [2.45, 2.75) is 9.37 Å². The summed E-state index contributed by atoms with van der Waals surface area (Å²) in [6, 6.07) is 0. The van der Waals surface area contributed by atoms with Crippen LogP contribution in [0.3, 0.4) is 0 Å². The van der Waals surface area contributed by atoms with E-state index in [0.29, 0.717) is 5.82 Å². The lowest BCUT2D eigenvalue weighted by atomic mass is 10.6. The number of nitrogen functional groups attached to an aromatic ring is 1. The Hall–Kier alpha value is -1.60. The summed E-state index contributed by atoms with van der Waals surface area (Å²) in [6.07, 6.45) is 7.08. The largest absolute Gasteiger partial charge is 0.382 e. The fraction of sp³-hybridized carbons (Fsp3) is 0. The molecular formula is C9H7N5S2. The Kier molecular flexibility index (Phi) is 2.26. The van der Waals surface area contributed by atoms with Crippen LogP contribution in [0.1, 0.15) is 0 Å². The Labute approximate surface area is 99.4 Å². The molecule has 0 unspecified atom stereocenters. The maximum Gasteiger partial charge on any atom is 0.170 e. The molecule has 0 amide bonds. The number of imidazole rings is 1. The van der Waals surface area contributed by atoms with Gasteiger partial charge >= 0.3 is 0 Å². The molecule has 0 aliphatic rings. The molecule has 3 aromatic rings. The first-order valence-electron chi connectivity index (χ1n) is 4.49. The summed E-state index contributed by atoms with van der Waals surface area (Å²) in [5.41, 5.74) is 6.52. The summed E-state index contributed by atoms with van der Waals surface area (Å²) in [5, 5.41) is 2.71. The van der Waals surface area contributed by atoms with Crippen molar-refractivity contribution in [3.05, 3.63) is 30.2 Å². The second-order valence-corrected chi connectivity index (χ2v) is 5.16. The molecule has 0 aromatic carbocycles. The highest BCUT2D eigenvalue weighted by Gasteiger charge is 2.09. The smallest absolute Gasteiger partial charge is 0.170 e. The highest BCUT2D eigenvalue weighted by atomic mass is 32.2. The minimum Gasteiger partial charge on any atom is -0.382 e. The van der Waals surface area contributed by atoms with Crippen LogP contribution in [0.4, 0.5) is 5.82 Å². The van der Waals surface area contributed by atoms with Crippen molar-refractivity contribution in [2.75, 3.05) is 5.73 Å². The van der Waals surface area contributed by atoms with Crippen LogP contribution in [0.5, 0.6) is 0 Å². The monoisotopic (exact) mass is 249 g/mol. The number of fused-ring (bicyclic) bond motifs is 1. The Balaban J connectivity index is 2.11. The SMILES string of the molecule is Nc1cn2ccnc2c(Sc2nccs2)n1. The molecule has 80 valence electrons. The fourth-order valence-corrected chi connectivity index (χ4v) is 2.97. The Morgan fingerprint density at radius 3 is 3.06 bits per heavy atom. The zero-order chi connectivity index (χ0) is 11.0. The van der Waals surface area contributed by atoms with Crippen LogP contribution in [0, 0.1) is 0 Å². The third-order valence-electron chi connectivity index (χ3n) is 1.96. The molecule has 5 nitrogen and oxygen atoms in total. The quantitative estimate of drug-likeness (QED) is 0.751. The van der Waals surface area contributed by atoms with Gasteiger partial charge in [0.15, 0.2) is 9.99 Å². The van der Waals surface area contributed by atoms with E-state index in [1.807, 2.05) is 16.0 Å². The minimum atomic E-state index is 0.476. The lowest BCUT2D eigenvalue weighted by Crippen LogP contribution is -1.97. The fourth-order valence-electron chi connectivity index (χ4n) is 1.33. The molecule has 0 saturated heterocycles. The van der Waals surface area contributed by atoms with E-state index in [4.69, 9.17) is 5.73 Å². The van der Waals surface area contributed by atoms with E-state index in [1.54, 1.807) is 29.9 Å². The van der Waals surface area contributed by atoms with Crippen molar-refractivity contribution in [1.82, 2.24) is 19.4 Å². The second kappa shape index (κ2) is 3.76. The minimum absolute atomic E-state index is 0.476. The normalized spacial score (nSPS) is 11.0. The Morgan fingerprint density at radius 2 is 2.25 bits per heavy atom. The van der Waals surface area contributed by atoms with Gasteiger partial charge in [0, 0.05) is 24.0 Å². The number of nitrogens with two attached hydrogens (primary N) is 1. The summed E-state index contributed by atoms with van der Waals surface area (Å²) in [5.74, 6) is 0.476. The zero-order valence-electron chi connectivity index (χ0n) is 8.07. The molecule has 0 radical (unpaired) electrons. The van der Waals surface area contributed by atoms with E-state index in [-0.39, 0.29) is 0 Å². The summed E-state index contributed by atoms with van der Waals surface area (Å²) in [7, 11) is 0. The van der Waals surface area contributed by atoms with Gasteiger partial charge < -0.3 is 10.1 Å². The molecule has 2 N–H and O–H groups in total. The van der Waals surface area contributed by atoms with E-state index >= 15 is 0 Å². The molecule has 0 saturated carbocycles. The lowest BCUT2D eigenvalue weighted by Gasteiger charge is -2.01. The van der Waals surface area contributed by atoms with Gasteiger partial charge in [-0.25, -0.2) is 15.0 Å². The van der Waals surface area contributed by atoms with E-state index in [0.717, 1.165) is 15.0 Å². The van der Waals surface area contributed by atoms with Crippen LogP contribution < -0.4 is 5.73 Å². The molecule has 0 fully saturated rings. The maximum atomic E-state index is 5.72. The molecule has 16 heavy (non-hydrogen) atoms. The van der Waals surface area contributed by atoms with Crippen LogP contribution >= 0.6 is 23.1 Å². The number of aromatic nitrogens is 4. The summed E-state index contributed by atoms with van der Waals surface area (Å²) >= 11 is 3.04. The van der Waals surface area contributed by atoms with E-state index in [9.17, 15) is 0 Å². The lowest BCUT2D eigenvalue weighted by molar-refractivity contribution is 1.04. The van der Waals surface area contributed by atoms with Crippen molar-refractivity contribution in [3.63, 3.8) is 0 Å². The molecule has 7 heteroatoms. The van der Waals surface area contributed by atoms with Crippen molar-refractivity contribution in [2.24, 2.45) is 0 Å². The average molecular weight is 249 g/mol. The first kappa shape index (κ1) is 9.61. The number of anilines is 1. The van der Waals surface area contributed by atoms with Gasteiger partial charge in [-0.2, -0.15) is 0 Å². The van der Waals surface area contributed by atoms with Gasteiger partial charge in [-0.1, -0.05) is 0 Å². The topological polar surface area (TPSA) is 69.1 Å². The molecule has 0 atom stereocenters. The van der Waals surface area contributed by atoms with Gasteiger partial charge in [-0.05, 0) is 11.8 Å². The van der Waals surface area contributed by atoms with Crippen molar-refractivity contribution in [3.8, 4) is 0 Å². The van der Waals surface area contributed by atoms with E-state index in [2.05, 4.69) is 15.0 Å². The van der Waals surface area contributed by atoms with E-state index in [1.165, 1.54) is 11.8 Å². The van der Waals surface area contributed by atoms with Crippen LogP contribution in [0.25, 0.3) is 5.65 Å². The van der Waals surface area contributed by atoms with Crippen molar-refractivity contribution < 1.29 is 0 Å². The van der Waals surface area contributed by atoms with Crippen LogP contribution in [0.2, 0.25) is 0 Å². The predicted octanol–water partition coefficient (Wildman–Crippen LogP) is 1.92. The van der Waals surface area contributed by atoms with Crippen LogP contribution in [-0.4, -0.2) is 19.4 Å². The van der Waals surface area contributed by atoms with Gasteiger partial charge in [-0.15, -0.1) is 11.3 Å². The number of nitrogens with zero attached hydrogens (tertiary/aromatic N) is 4. The van der Waals surface area contributed by atoms with Gasteiger partial charge in [-0.3, -0.25) is 0 Å². The Morgan fingerprint density at radius 1 is 1.31 bits per heavy atom. The molecule has 3 heterocycles. The summed E-state index contributed by atoms with van der Waals surface area (Å²) < 4.78 is 2.79. The van der Waals surface area contributed by atoms with Gasteiger partial charge in [0.05, 0.1) is 6.20 Å². The number of hydrogen-bond acceptors (Lipinski definition) is 6. The summed E-state index contributed by atoms with van der Waals surface area (Å²) in [4.78, 5) is 12.7. The van der Waals surface area contributed by atoms with Crippen molar-refractivity contribution in [1.29, 1.82) is 0 Å². The van der Waals surface area contributed by atoms with Crippen LogP contribution in [0.15, 0.2) is 39.5 Å². The molecule has 0 bridgehead atoms.